The molecule has 0 atom stereocenters. The second kappa shape index (κ2) is 4.35. The zero-order chi connectivity index (χ0) is 13.6. The number of rotatable bonds is 2. The molecule has 3 aromatic rings. The molecule has 4 nitrogen and oxygen atoms in total. The van der Waals surface area contributed by atoms with Crippen LogP contribution in [0.5, 0.6) is 0 Å². The molecule has 3 rings (SSSR count). The Morgan fingerprint density at radius 2 is 1.21 bits per heavy atom. The average molecular weight is 272 g/mol. The molecule has 0 aliphatic heterocycles. The van der Waals surface area contributed by atoms with Crippen molar-refractivity contribution >= 4 is 11.3 Å². The molecule has 0 radical (unpaired) electrons. The average Bonchev–Trinajstić information content (AvgIpc) is 2.99. The van der Waals surface area contributed by atoms with Gasteiger partial charge in [-0.3, -0.25) is 0 Å². The van der Waals surface area contributed by atoms with E-state index in [0.29, 0.717) is 0 Å². The molecule has 98 valence electrons. The zero-order valence-electron chi connectivity index (χ0n) is 11.5. The number of nitrogens with zero attached hydrogens (tertiary/aromatic N) is 4. The fourth-order valence-electron chi connectivity index (χ4n) is 2.25. The first-order valence-corrected chi connectivity index (χ1v) is 7.03. The highest BCUT2D eigenvalue weighted by atomic mass is 32.1. The van der Waals surface area contributed by atoms with Crippen molar-refractivity contribution in [2.24, 2.45) is 0 Å². The molecule has 19 heavy (non-hydrogen) atoms. The molecule has 0 aliphatic rings. The van der Waals surface area contributed by atoms with Gasteiger partial charge in [0.1, 0.15) is 10.0 Å². The third-order valence-corrected chi connectivity index (χ3v) is 4.05. The maximum atomic E-state index is 4.51. The van der Waals surface area contributed by atoms with E-state index in [1.165, 1.54) is 0 Å². The van der Waals surface area contributed by atoms with Crippen molar-refractivity contribution in [1.82, 2.24) is 19.6 Å². The van der Waals surface area contributed by atoms with Gasteiger partial charge in [-0.15, -0.1) is 0 Å². The van der Waals surface area contributed by atoms with Crippen LogP contribution >= 0.6 is 11.3 Å². The zero-order valence-corrected chi connectivity index (χ0v) is 12.3. The third kappa shape index (κ3) is 2.10. The fraction of sp³-hybridized carbons (Fsp3) is 0.286. The summed E-state index contributed by atoms with van der Waals surface area (Å²) >= 11 is 1.69. The van der Waals surface area contributed by atoms with Gasteiger partial charge in [0.25, 0.3) is 0 Å². The molecule has 0 spiro atoms. The molecular weight excluding hydrogens is 256 g/mol. The molecule has 0 fully saturated rings. The highest BCUT2D eigenvalue weighted by Gasteiger charge is 2.10. The number of aryl methyl sites for hydroxylation is 4. The summed E-state index contributed by atoms with van der Waals surface area (Å²) in [5.74, 6) is 0. The summed E-state index contributed by atoms with van der Waals surface area (Å²) in [6.45, 7) is 8.17. The fourth-order valence-corrected chi connectivity index (χ4v) is 3.28. The van der Waals surface area contributed by atoms with E-state index >= 15 is 0 Å². The van der Waals surface area contributed by atoms with E-state index in [1.807, 2.05) is 23.2 Å². The minimum Gasteiger partial charge on any atom is -0.228 e. The van der Waals surface area contributed by atoms with Crippen LogP contribution in [-0.4, -0.2) is 19.6 Å². The van der Waals surface area contributed by atoms with E-state index < -0.39 is 0 Å². The highest BCUT2D eigenvalue weighted by molar-refractivity contribution is 7.16. The molecule has 3 heterocycles. The summed E-state index contributed by atoms with van der Waals surface area (Å²) in [5, 5.41) is 11.3. The van der Waals surface area contributed by atoms with Gasteiger partial charge in [-0.05, 0) is 52.0 Å². The minimum atomic E-state index is 1.04. The van der Waals surface area contributed by atoms with E-state index in [4.69, 9.17) is 0 Å². The van der Waals surface area contributed by atoms with E-state index in [1.54, 1.807) is 11.3 Å². The third-order valence-electron chi connectivity index (χ3n) is 3.01. The Morgan fingerprint density at radius 3 is 1.53 bits per heavy atom. The normalized spacial score (nSPS) is 11.2. The van der Waals surface area contributed by atoms with E-state index in [2.05, 4.69) is 48.3 Å². The smallest absolute Gasteiger partial charge is 0.119 e. The van der Waals surface area contributed by atoms with Gasteiger partial charge in [0.05, 0.1) is 11.4 Å². The van der Waals surface area contributed by atoms with Gasteiger partial charge in [0.2, 0.25) is 0 Å². The second-order valence-electron chi connectivity index (χ2n) is 4.79. The second-order valence-corrected chi connectivity index (χ2v) is 5.83. The molecular formula is C14H16N4S. The Labute approximate surface area is 116 Å². The monoisotopic (exact) mass is 272 g/mol. The van der Waals surface area contributed by atoms with Crippen molar-refractivity contribution in [2.45, 2.75) is 27.7 Å². The van der Waals surface area contributed by atoms with E-state index in [-0.39, 0.29) is 0 Å². The van der Waals surface area contributed by atoms with E-state index in [0.717, 1.165) is 32.8 Å². The first kappa shape index (κ1) is 12.2. The van der Waals surface area contributed by atoms with Gasteiger partial charge >= 0.3 is 0 Å². The van der Waals surface area contributed by atoms with Gasteiger partial charge in [-0.1, -0.05) is 11.3 Å². The Bertz CT molecular complexity index is 672. The summed E-state index contributed by atoms with van der Waals surface area (Å²) in [7, 11) is 0. The molecule has 0 bridgehead atoms. The van der Waals surface area contributed by atoms with Crippen LogP contribution < -0.4 is 0 Å². The van der Waals surface area contributed by atoms with Gasteiger partial charge in [0, 0.05) is 11.4 Å². The van der Waals surface area contributed by atoms with Crippen LogP contribution in [0.15, 0.2) is 24.3 Å². The Balaban J connectivity index is 2.04. The lowest BCUT2D eigenvalue weighted by Gasteiger charge is -2.01. The van der Waals surface area contributed by atoms with Crippen molar-refractivity contribution in [1.29, 1.82) is 0 Å². The molecule has 0 aliphatic carbocycles. The molecule has 0 N–H and O–H groups in total. The van der Waals surface area contributed by atoms with E-state index in [9.17, 15) is 0 Å². The van der Waals surface area contributed by atoms with Gasteiger partial charge in [0.15, 0.2) is 0 Å². The predicted octanol–water partition coefficient (Wildman–Crippen LogP) is 3.35. The maximum Gasteiger partial charge on any atom is 0.119 e. The van der Waals surface area contributed by atoms with Gasteiger partial charge in [-0.25, -0.2) is 9.36 Å². The molecule has 0 saturated carbocycles. The number of aromatic nitrogens is 4. The topological polar surface area (TPSA) is 35.6 Å². The van der Waals surface area contributed by atoms with Crippen molar-refractivity contribution in [3.63, 3.8) is 0 Å². The Hall–Kier alpha value is -1.88. The summed E-state index contributed by atoms with van der Waals surface area (Å²) in [6.07, 6.45) is 0. The van der Waals surface area contributed by atoms with Crippen molar-refractivity contribution in [2.75, 3.05) is 0 Å². The van der Waals surface area contributed by atoms with Crippen LogP contribution in [0.4, 0.5) is 0 Å². The lowest BCUT2D eigenvalue weighted by Crippen LogP contribution is -1.96. The predicted molar refractivity (Wildman–Crippen MR) is 77.5 cm³/mol. The number of thiophene rings is 1. The summed E-state index contributed by atoms with van der Waals surface area (Å²) in [6, 6.07) is 8.36. The van der Waals surface area contributed by atoms with Crippen LogP contribution in [-0.2, 0) is 0 Å². The molecule has 0 amide bonds. The van der Waals surface area contributed by atoms with Gasteiger partial charge < -0.3 is 0 Å². The van der Waals surface area contributed by atoms with Crippen LogP contribution in [0.2, 0.25) is 0 Å². The summed E-state index contributed by atoms with van der Waals surface area (Å²) in [4.78, 5) is 0. The van der Waals surface area contributed by atoms with Crippen LogP contribution in [0.1, 0.15) is 22.8 Å². The Kier molecular flexibility index (Phi) is 2.78. The lowest BCUT2D eigenvalue weighted by atomic mass is 10.4. The molecule has 5 heteroatoms. The minimum absolute atomic E-state index is 1.04. The number of hydrogen-bond donors (Lipinski definition) is 0. The van der Waals surface area contributed by atoms with Crippen molar-refractivity contribution < 1.29 is 0 Å². The lowest BCUT2D eigenvalue weighted by molar-refractivity contribution is 0.847. The largest absolute Gasteiger partial charge is 0.228 e. The van der Waals surface area contributed by atoms with Crippen LogP contribution in [0, 0.1) is 27.7 Å². The summed E-state index contributed by atoms with van der Waals surface area (Å²) in [5.41, 5.74) is 4.38. The SMILES string of the molecule is Cc1cc(C)n(-c2ccc(-n3nc(C)cc3C)s2)n1. The van der Waals surface area contributed by atoms with Gasteiger partial charge in [-0.2, -0.15) is 10.2 Å². The molecule has 0 unspecified atom stereocenters. The highest BCUT2D eigenvalue weighted by Crippen LogP contribution is 2.26. The molecule has 3 aromatic heterocycles. The summed E-state index contributed by atoms with van der Waals surface area (Å²) < 4.78 is 3.96. The van der Waals surface area contributed by atoms with Crippen LogP contribution in [0.3, 0.4) is 0 Å². The first-order chi connectivity index (χ1) is 9.04. The Morgan fingerprint density at radius 1 is 0.789 bits per heavy atom. The standard InChI is InChI=1S/C14H16N4S/c1-9-7-11(3)17(15-9)13-5-6-14(19-13)18-12(4)8-10(2)16-18/h5-8H,1-4H3. The van der Waals surface area contributed by atoms with Crippen molar-refractivity contribution in [3.8, 4) is 10.0 Å². The molecule has 0 aromatic carbocycles. The van der Waals surface area contributed by atoms with Crippen molar-refractivity contribution in [3.05, 3.63) is 47.0 Å². The number of hydrogen-bond acceptors (Lipinski definition) is 3. The molecule has 0 saturated heterocycles. The maximum absolute atomic E-state index is 4.51. The quantitative estimate of drug-likeness (QED) is 0.717. The van der Waals surface area contributed by atoms with Crippen LogP contribution in [0.25, 0.3) is 10.0 Å². The first-order valence-electron chi connectivity index (χ1n) is 6.22.